The summed E-state index contributed by atoms with van der Waals surface area (Å²) in [4.78, 5) is 13.8. The summed E-state index contributed by atoms with van der Waals surface area (Å²) in [6.07, 6.45) is 1.74. The number of hydrogen-bond acceptors (Lipinski definition) is 3. The van der Waals surface area contributed by atoms with Crippen molar-refractivity contribution in [2.45, 2.75) is 43.0 Å². The zero-order chi connectivity index (χ0) is 13.9. The first kappa shape index (κ1) is 14.4. The molecule has 2 rings (SSSR count). The van der Waals surface area contributed by atoms with Gasteiger partial charge in [0.2, 0.25) is 5.91 Å². The molecule has 1 unspecified atom stereocenters. The quantitative estimate of drug-likeness (QED) is 0.870. The van der Waals surface area contributed by atoms with E-state index in [9.17, 15) is 4.79 Å². The van der Waals surface area contributed by atoms with Crippen molar-refractivity contribution in [1.82, 2.24) is 5.32 Å². The Labute approximate surface area is 119 Å². The van der Waals surface area contributed by atoms with Crippen LogP contribution in [0.25, 0.3) is 0 Å². The summed E-state index contributed by atoms with van der Waals surface area (Å²) in [5, 5.41) is 3.19. The molecule has 104 valence electrons. The van der Waals surface area contributed by atoms with Gasteiger partial charge >= 0.3 is 0 Å². The second-order valence-corrected chi connectivity index (χ2v) is 6.14. The molecule has 0 radical (unpaired) electrons. The van der Waals surface area contributed by atoms with Gasteiger partial charge in [-0.15, -0.1) is 11.8 Å². The van der Waals surface area contributed by atoms with Crippen molar-refractivity contribution in [3.05, 3.63) is 29.8 Å². The molecular formula is C15H22N2OS. The van der Waals surface area contributed by atoms with Crippen LogP contribution in [0.1, 0.15) is 38.2 Å². The Morgan fingerprint density at radius 2 is 2.11 bits per heavy atom. The van der Waals surface area contributed by atoms with E-state index in [2.05, 4.69) is 31.3 Å². The van der Waals surface area contributed by atoms with Crippen LogP contribution in [0.5, 0.6) is 0 Å². The second kappa shape index (κ2) is 5.97. The van der Waals surface area contributed by atoms with Gasteiger partial charge in [-0.25, -0.2) is 0 Å². The van der Waals surface area contributed by atoms with E-state index in [4.69, 9.17) is 5.73 Å². The molecule has 4 heteroatoms. The molecule has 1 aromatic rings. The predicted molar refractivity (Wildman–Crippen MR) is 80.4 cm³/mol. The third-order valence-electron chi connectivity index (χ3n) is 4.15. The number of benzene rings is 1. The summed E-state index contributed by atoms with van der Waals surface area (Å²) in [7, 11) is 0. The highest BCUT2D eigenvalue weighted by Crippen LogP contribution is 2.39. The largest absolute Gasteiger partial charge is 0.349 e. The average Bonchev–Trinajstić information content (AvgIpc) is 2.89. The maximum absolute atomic E-state index is 12.5. The number of carbonyl (C=O) groups is 1. The normalized spacial score (nSPS) is 18.2. The SMILES string of the molecule is CCC(CC)(CN)NC(=O)C1CSc2ccccc21. The fourth-order valence-electron chi connectivity index (χ4n) is 2.49. The first-order valence-corrected chi connectivity index (χ1v) is 7.88. The zero-order valence-corrected chi connectivity index (χ0v) is 12.4. The molecule has 1 aromatic carbocycles. The van der Waals surface area contributed by atoms with E-state index in [1.807, 2.05) is 12.1 Å². The Morgan fingerprint density at radius 1 is 1.42 bits per heavy atom. The molecule has 1 heterocycles. The standard InChI is InChI=1S/C15H22N2OS/c1-3-15(4-2,10-16)17-14(18)12-9-19-13-8-6-5-7-11(12)13/h5-8,12H,3-4,9-10,16H2,1-2H3,(H,17,18). The molecular weight excluding hydrogens is 256 g/mol. The van der Waals surface area contributed by atoms with Crippen molar-refractivity contribution in [2.24, 2.45) is 5.73 Å². The van der Waals surface area contributed by atoms with Gasteiger partial charge in [-0.2, -0.15) is 0 Å². The molecule has 1 amide bonds. The molecule has 0 bridgehead atoms. The molecule has 1 aliphatic rings. The van der Waals surface area contributed by atoms with Crippen LogP contribution in [0.4, 0.5) is 0 Å². The Kier molecular flexibility index (Phi) is 4.53. The number of thioether (sulfide) groups is 1. The first-order chi connectivity index (χ1) is 9.15. The van der Waals surface area contributed by atoms with Crippen LogP contribution in [-0.2, 0) is 4.79 Å². The fourth-order valence-corrected chi connectivity index (χ4v) is 3.72. The summed E-state index contributed by atoms with van der Waals surface area (Å²) < 4.78 is 0. The van der Waals surface area contributed by atoms with Gasteiger partial charge in [0.05, 0.1) is 11.5 Å². The van der Waals surface area contributed by atoms with Crippen molar-refractivity contribution < 1.29 is 4.79 Å². The zero-order valence-electron chi connectivity index (χ0n) is 11.6. The summed E-state index contributed by atoms with van der Waals surface area (Å²) in [6.45, 7) is 4.65. The molecule has 0 fully saturated rings. The van der Waals surface area contributed by atoms with Gasteiger partial charge in [0.25, 0.3) is 0 Å². The maximum atomic E-state index is 12.5. The highest BCUT2D eigenvalue weighted by Gasteiger charge is 2.34. The van der Waals surface area contributed by atoms with Crippen LogP contribution < -0.4 is 11.1 Å². The van der Waals surface area contributed by atoms with E-state index in [1.165, 1.54) is 4.90 Å². The Bertz CT molecular complexity index is 449. The van der Waals surface area contributed by atoms with Crippen molar-refractivity contribution >= 4 is 17.7 Å². The summed E-state index contributed by atoms with van der Waals surface area (Å²) in [5.74, 6) is 0.913. The number of carbonyl (C=O) groups excluding carboxylic acids is 1. The van der Waals surface area contributed by atoms with Crippen LogP contribution in [0, 0.1) is 0 Å². The molecule has 0 saturated heterocycles. The molecule has 1 atom stereocenters. The highest BCUT2D eigenvalue weighted by atomic mass is 32.2. The number of fused-ring (bicyclic) bond motifs is 1. The van der Waals surface area contributed by atoms with Crippen LogP contribution >= 0.6 is 11.8 Å². The second-order valence-electron chi connectivity index (χ2n) is 5.08. The molecule has 3 nitrogen and oxygen atoms in total. The Morgan fingerprint density at radius 3 is 2.74 bits per heavy atom. The number of hydrogen-bond donors (Lipinski definition) is 2. The molecule has 19 heavy (non-hydrogen) atoms. The average molecular weight is 278 g/mol. The maximum Gasteiger partial charge on any atom is 0.228 e. The lowest BCUT2D eigenvalue weighted by Crippen LogP contribution is -2.54. The van der Waals surface area contributed by atoms with Crippen LogP contribution in [0.15, 0.2) is 29.2 Å². The molecule has 0 aliphatic carbocycles. The van der Waals surface area contributed by atoms with Crippen molar-refractivity contribution in [2.75, 3.05) is 12.3 Å². The van der Waals surface area contributed by atoms with Crippen LogP contribution in [0.2, 0.25) is 0 Å². The lowest BCUT2D eigenvalue weighted by molar-refractivity contribution is -0.124. The molecule has 0 spiro atoms. The van der Waals surface area contributed by atoms with E-state index in [0.717, 1.165) is 24.2 Å². The van der Waals surface area contributed by atoms with Gasteiger partial charge < -0.3 is 11.1 Å². The van der Waals surface area contributed by atoms with Crippen LogP contribution in [0.3, 0.4) is 0 Å². The monoisotopic (exact) mass is 278 g/mol. The number of nitrogens with two attached hydrogens (primary N) is 1. The van der Waals surface area contributed by atoms with E-state index < -0.39 is 0 Å². The van der Waals surface area contributed by atoms with E-state index in [0.29, 0.717) is 6.54 Å². The van der Waals surface area contributed by atoms with Crippen molar-refractivity contribution in [3.8, 4) is 0 Å². The minimum Gasteiger partial charge on any atom is -0.349 e. The van der Waals surface area contributed by atoms with Gasteiger partial charge in [0, 0.05) is 17.2 Å². The predicted octanol–water partition coefficient (Wildman–Crippen LogP) is 2.51. The third kappa shape index (κ3) is 2.79. The van der Waals surface area contributed by atoms with Crippen molar-refractivity contribution in [3.63, 3.8) is 0 Å². The molecule has 0 saturated carbocycles. The summed E-state index contributed by atoms with van der Waals surface area (Å²) in [5.41, 5.74) is 6.76. The first-order valence-electron chi connectivity index (χ1n) is 6.89. The third-order valence-corrected chi connectivity index (χ3v) is 5.33. The lowest BCUT2D eigenvalue weighted by atomic mass is 9.91. The van der Waals surface area contributed by atoms with Gasteiger partial charge in [0.1, 0.15) is 0 Å². The minimum atomic E-state index is -0.251. The fraction of sp³-hybridized carbons (Fsp3) is 0.533. The number of nitrogens with one attached hydrogen (secondary N) is 1. The van der Waals surface area contributed by atoms with E-state index >= 15 is 0 Å². The van der Waals surface area contributed by atoms with E-state index in [1.54, 1.807) is 11.8 Å². The van der Waals surface area contributed by atoms with Gasteiger partial charge in [-0.05, 0) is 24.5 Å². The smallest absolute Gasteiger partial charge is 0.228 e. The topological polar surface area (TPSA) is 55.1 Å². The van der Waals surface area contributed by atoms with Crippen LogP contribution in [-0.4, -0.2) is 23.7 Å². The lowest BCUT2D eigenvalue weighted by Gasteiger charge is -2.32. The number of amides is 1. The Hall–Kier alpha value is -1.00. The van der Waals surface area contributed by atoms with E-state index in [-0.39, 0.29) is 17.4 Å². The van der Waals surface area contributed by atoms with Crippen molar-refractivity contribution in [1.29, 1.82) is 0 Å². The summed E-state index contributed by atoms with van der Waals surface area (Å²) >= 11 is 1.76. The molecule has 3 N–H and O–H groups in total. The minimum absolute atomic E-state index is 0.0368. The molecule has 0 aromatic heterocycles. The molecule has 1 aliphatic heterocycles. The Balaban J connectivity index is 2.14. The highest BCUT2D eigenvalue weighted by molar-refractivity contribution is 7.99. The van der Waals surface area contributed by atoms with Gasteiger partial charge in [-0.1, -0.05) is 32.0 Å². The summed E-state index contributed by atoms with van der Waals surface area (Å²) in [6, 6.07) is 8.17. The van der Waals surface area contributed by atoms with Gasteiger partial charge in [0.15, 0.2) is 0 Å². The number of rotatable bonds is 5. The van der Waals surface area contributed by atoms with Gasteiger partial charge in [-0.3, -0.25) is 4.79 Å².